The summed E-state index contributed by atoms with van der Waals surface area (Å²) in [7, 11) is 0. The Kier molecular flexibility index (Phi) is 3.03. The molecule has 2 rings (SSSR count). The van der Waals surface area contributed by atoms with Crippen LogP contribution in [0.2, 0.25) is 0 Å². The fourth-order valence-electron chi connectivity index (χ4n) is 1.94. The zero-order valence-corrected chi connectivity index (χ0v) is 12.7. The second-order valence-corrected chi connectivity index (χ2v) is 6.54. The Hall–Kier alpha value is 0.540. The molecule has 1 aliphatic carbocycles. The van der Waals surface area contributed by atoms with E-state index in [4.69, 9.17) is 0 Å². The summed E-state index contributed by atoms with van der Waals surface area (Å²) in [6.07, 6.45) is 0.486. The van der Waals surface area contributed by atoms with Crippen LogP contribution in [0.15, 0.2) is 6.07 Å². The lowest BCUT2D eigenvalue weighted by Crippen LogP contribution is -2.21. The van der Waals surface area contributed by atoms with Crippen molar-refractivity contribution in [2.45, 2.75) is 30.1 Å². The molecule has 0 aliphatic heterocycles. The SMILES string of the molecule is Cc1cc2c(c(I)c1C)C(F)(F)C(I)C2. The van der Waals surface area contributed by atoms with Crippen molar-refractivity contribution < 1.29 is 8.78 Å². The van der Waals surface area contributed by atoms with Crippen LogP contribution in [0.5, 0.6) is 0 Å². The number of alkyl halides is 3. The second kappa shape index (κ2) is 3.78. The Morgan fingerprint density at radius 2 is 2.00 bits per heavy atom. The molecule has 0 N–H and O–H groups in total. The van der Waals surface area contributed by atoms with Crippen molar-refractivity contribution in [3.05, 3.63) is 31.9 Å². The second-order valence-electron chi connectivity index (χ2n) is 3.96. The number of benzene rings is 1. The van der Waals surface area contributed by atoms with Gasteiger partial charge in [-0.15, -0.1) is 0 Å². The van der Waals surface area contributed by atoms with E-state index in [1.54, 1.807) is 0 Å². The molecule has 0 aromatic heterocycles. The molecular formula is C11H10F2I2. The molecule has 0 spiro atoms. The van der Waals surface area contributed by atoms with Crippen LogP contribution in [0.1, 0.15) is 22.3 Å². The highest BCUT2D eigenvalue weighted by molar-refractivity contribution is 14.1. The number of hydrogen-bond donors (Lipinski definition) is 0. The summed E-state index contributed by atoms with van der Waals surface area (Å²) in [6, 6.07) is 1.92. The van der Waals surface area contributed by atoms with E-state index in [9.17, 15) is 8.78 Å². The van der Waals surface area contributed by atoms with Crippen molar-refractivity contribution in [3.63, 3.8) is 0 Å². The highest BCUT2D eigenvalue weighted by Crippen LogP contribution is 2.48. The number of aryl methyl sites for hydroxylation is 1. The molecule has 1 aromatic rings. The van der Waals surface area contributed by atoms with Crippen LogP contribution in [0.3, 0.4) is 0 Å². The van der Waals surface area contributed by atoms with Gasteiger partial charge in [-0.05, 0) is 59.5 Å². The Morgan fingerprint density at radius 3 is 2.60 bits per heavy atom. The molecule has 0 bridgehead atoms. The molecule has 0 fully saturated rings. The molecule has 0 nitrogen and oxygen atoms in total. The van der Waals surface area contributed by atoms with Gasteiger partial charge in [0.1, 0.15) is 0 Å². The van der Waals surface area contributed by atoms with Gasteiger partial charge < -0.3 is 0 Å². The van der Waals surface area contributed by atoms with Gasteiger partial charge in [0.05, 0.1) is 3.92 Å². The molecule has 1 atom stereocenters. The van der Waals surface area contributed by atoms with E-state index in [-0.39, 0.29) is 5.56 Å². The Morgan fingerprint density at radius 1 is 1.40 bits per heavy atom. The van der Waals surface area contributed by atoms with Crippen LogP contribution in [0, 0.1) is 17.4 Å². The summed E-state index contributed by atoms with van der Waals surface area (Å²) in [4.78, 5) is 0. The summed E-state index contributed by atoms with van der Waals surface area (Å²) in [5, 5.41) is 0. The van der Waals surface area contributed by atoms with Gasteiger partial charge in [0.15, 0.2) is 0 Å². The third-order valence-electron chi connectivity index (χ3n) is 2.98. The smallest absolute Gasteiger partial charge is 0.200 e. The third kappa shape index (κ3) is 1.71. The minimum Gasteiger partial charge on any atom is -0.200 e. The fraction of sp³-hybridized carbons (Fsp3) is 0.455. The number of rotatable bonds is 0. The lowest BCUT2D eigenvalue weighted by atomic mass is 10.0. The first-order valence-electron chi connectivity index (χ1n) is 4.66. The van der Waals surface area contributed by atoms with Crippen LogP contribution in [-0.4, -0.2) is 3.92 Å². The van der Waals surface area contributed by atoms with E-state index in [1.807, 2.05) is 65.1 Å². The van der Waals surface area contributed by atoms with Crippen molar-refractivity contribution in [3.8, 4) is 0 Å². The molecule has 0 radical (unpaired) electrons. The predicted molar refractivity (Wildman–Crippen MR) is 74.0 cm³/mol. The first-order chi connectivity index (χ1) is 6.85. The van der Waals surface area contributed by atoms with E-state index < -0.39 is 9.85 Å². The van der Waals surface area contributed by atoms with Gasteiger partial charge in [-0.3, -0.25) is 0 Å². The molecule has 15 heavy (non-hydrogen) atoms. The molecule has 0 heterocycles. The van der Waals surface area contributed by atoms with E-state index >= 15 is 0 Å². The highest BCUT2D eigenvalue weighted by atomic mass is 127. The number of halogens is 4. The molecule has 82 valence electrons. The average molecular weight is 434 g/mol. The van der Waals surface area contributed by atoms with Gasteiger partial charge in [0.2, 0.25) is 0 Å². The fourth-order valence-corrected chi connectivity index (χ4v) is 3.86. The maximum absolute atomic E-state index is 13.9. The van der Waals surface area contributed by atoms with Crippen molar-refractivity contribution in [1.29, 1.82) is 0 Å². The number of fused-ring (bicyclic) bond motifs is 1. The zero-order valence-electron chi connectivity index (χ0n) is 8.37. The molecule has 1 unspecified atom stereocenters. The van der Waals surface area contributed by atoms with Crippen molar-refractivity contribution in [2.75, 3.05) is 0 Å². The third-order valence-corrected chi connectivity index (χ3v) is 5.55. The van der Waals surface area contributed by atoms with E-state index in [1.165, 1.54) is 0 Å². The van der Waals surface area contributed by atoms with Crippen LogP contribution < -0.4 is 0 Å². The topological polar surface area (TPSA) is 0 Å². The molecule has 1 aliphatic rings. The highest BCUT2D eigenvalue weighted by Gasteiger charge is 2.48. The minimum absolute atomic E-state index is 0.269. The van der Waals surface area contributed by atoms with Crippen LogP contribution >= 0.6 is 45.2 Å². The van der Waals surface area contributed by atoms with Gasteiger partial charge in [-0.1, -0.05) is 28.7 Å². The van der Waals surface area contributed by atoms with Gasteiger partial charge >= 0.3 is 0 Å². The van der Waals surface area contributed by atoms with Crippen molar-refractivity contribution in [2.24, 2.45) is 0 Å². The van der Waals surface area contributed by atoms with Crippen LogP contribution in [-0.2, 0) is 12.3 Å². The molecule has 4 heteroatoms. The van der Waals surface area contributed by atoms with Crippen LogP contribution in [0.25, 0.3) is 0 Å². The van der Waals surface area contributed by atoms with E-state index in [0.29, 0.717) is 6.42 Å². The van der Waals surface area contributed by atoms with Gasteiger partial charge in [-0.2, -0.15) is 0 Å². The van der Waals surface area contributed by atoms with Crippen LogP contribution in [0.4, 0.5) is 8.78 Å². The molecule has 0 saturated heterocycles. The average Bonchev–Trinajstić information content (AvgIpc) is 2.34. The maximum Gasteiger partial charge on any atom is 0.286 e. The minimum atomic E-state index is -2.66. The molecular weight excluding hydrogens is 424 g/mol. The first kappa shape index (κ1) is 12.0. The predicted octanol–water partition coefficient (Wildman–Crippen LogP) is 4.36. The van der Waals surface area contributed by atoms with E-state index in [0.717, 1.165) is 20.3 Å². The molecule has 1 aromatic carbocycles. The lowest BCUT2D eigenvalue weighted by molar-refractivity contribution is 0.00818. The zero-order chi connectivity index (χ0) is 11.4. The number of hydrogen-bond acceptors (Lipinski definition) is 0. The summed E-state index contributed by atoms with van der Waals surface area (Å²) >= 11 is 3.90. The van der Waals surface area contributed by atoms with Crippen molar-refractivity contribution in [1.82, 2.24) is 0 Å². The normalized spacial score (nSPS) is 22.9. The maximum atomic E-state index is 13.9. The van der Waals surface area contributed by atoms with Gasteiger partial charge in [0, 0.05) is 9.13 Å². The standard InChI is InChI=1S/C11H10F2I2/c1-5-3-7-4-8(14)11(12,13)9(7)10(15)6(5)2/h3,8H,4H2,1-2H3. The summed E-state index contributed by atoms with van der Waals surface area (Å²) in [6.45, 7) is 3.89. The van der Waals surface area contributed by atoms with Crippen molar-refractivity contribution >= 4 is 45.2 Å². The van der Waals surface area contributed by atoms with E-state index in [2.05, 4.69) is 0 Å². The molecule has 0 saturated carbocycles. The Labute approximate surface area is 115 Å². The largest absolute Gasteiger partial charge is 0.286 e. The lowest BCUT2D eigenvalue weighted by Gasteiger charge is -2.17. The summed E-state index contributed by atoms with van der Waals surface area (Å²) < 4.78 is 27.9. The first-order valence-corrected chi connectivity index (χ1v) is 6.99. The Bertz CT molecular complexity index is 427. The quantitative estimate of drug-likeness (QED) is 0.421. The monoisotopic (exact) mass is 434 g/mol. The summed E-state index contributed by atoms with van der Waals surface area (Å²) in [5.41, 5.74) is 3.19. The Balaban J connectivity index is 2.72. The summed E-state index contributed by atoms with van der Waals surface area (Å²) in [5.74, 6) is -2.66. The molecule has 0 amide bonds. The van der Waals surface area contributed by atoms with Gasteiger partial charge in [0.25, 0.3) is 5.92 Å². The van der Waals surface area contributed by atoms with Gasteiger partial charge in [-0.25, -0.2) is 8.78 Å².